The summed E-state index contributed by atoms with van der Waals surface area (Å²) in [5.41, 5.74) is 0.807. The third-order valence-electron chi connectivity index (χ3n) is 3.48. The summed E-state index contributed by atoms with van der Waals surface area (Å²) in [4.78, 5) is 14.2. The van der Waals surface area contributed by atoms with E-state index in [-0.39, 0.29) is 5.91 Å². The van der Waals surface area contributed by atoms with Crippen molar-refractivity contribution in [1.29, 1.82) is 0 Å². The molecule has 0 unspecified atom stereocenters. The normalized spacial score (nSPS) is 14.9. The zero-order valence-corrected chi connectivity index (χ0v) is 12.2. The molecule has 1 heterocycles. The van der Waals surface area contributed by atoms with Gasteiger partial charge in [0.2, 0.25) is 5.91 Å². The minimum Gasteiger partial charge on any atom is -0.494 e. The molecule has 5 nitrogen and oxygen atoms in total. The van der Waals surface area contributed by atoms with Gasteiger partial charge in [-0.1, -0.05) is 6.92 Å². The van der Waals surface area contributed by atoms with Gasteiger partial charge in [0, 0.05) is 24.8 Å². The summed E-state index contributed by atoms with van der Waals surface area (Å²) in [7, 11) is 0. The summed E-state index contributed by atoms with van der Waals surface area (Å²) < 4.78 is 5.37. The number of hydrogen-bond acceptors (Lipinski definition) is 4. The van der Waals surface area contributed by atoms with Crippen molar-refractivity contribution in [3.63, 3.8) is 0 Å². The van der Waals surface area contributed by atoms with Crippen molar-refractivity contribution in [1.82, 2.24) is 10.2 Å². The van der Waals surface area contributed by atoms with Gasteiger partial charge in [-0.25, -0.2) is 0 Å². The van der Waals surface area contributed by atoms with E-state index in [9.17, 15) is 4.79 Å². The van der Waals surface area contributed by atoms with E-state index in [1.54, 1.807) is 0 Å². The van der Waals surface area contributed by atoms with Gasteiger partial charge in [0.1, 0.15) is 5.75 Å². The number of hydrogen-bond donors (Lipinski definition) is 2. The van der Waals surface area contributed by atoms with E-state index in [1.165, 1.54) is 0 Å². The Bertz CT molecular complexity index is 429. The third kappa shape index (κ3) is 3.95. The van der Waals surface area contributed by atoms with Crippen LogP contribution in [0.5, 0.6) is 5.75 Å². The van der Waals surface area contributed by atoms with Crippen molar-refractivity contribution in [2.24, 2.45) is 0 Å². The zero-order valence-electron chi connectivity index (χ0n) is 12.2. The van der Waals surface area contributed by atoms with Gasteiger partial charge in [0.15, 0.2) is 0 Å². The molecule has 2 rings (SSSR count). The SMILES string of the molecule is CCOc1ccc(NC(=O)CN(CC)C2CNC2)cc1. The standard InChI is InChI=1S/C15H23N3O2/c1-3-18(13-9-16-10-13)11-15(19)17-12-5-7-14(8-6-12)20-4-2/h5-8,13,16H,3-4,9-11H2,1-2H3,(H,17,19). The van der Waals surface area contributed by atoms with Gasteiger partial charge in [-0.2, -0.15) is 0 Å². The topological polar surface area (TPSA) is 53.6 Å². The smallest absolute Gasteiger partial charge is 0.238 e. The van der Waals surface area contributed by atoms with Gasteiger partial charge in [-0.3, -0.25) is 9.69 Å². The number of nitrogens with zero attached hydrogens (tertiary/aromatic N) is 1. The highest BCUT2D eigenvalue weighted by atomic mass is 16.5. The molecule has 0 bridgehead atoms. The number of benzene rings is 1. The lowest BCUT2D eigenvalue weighted by Crippen LogP contribution is -2.58. The molecular formula is C15H23N3O2. The van der Waals surface area contributed by atoms with E-state index in [1.807, 2.05) is 31.2 Å². The summed E-state index contributed by atoms with van der Waals surface area (Å²) >= 11 is 0. The minimum atomic E-state index is 0.0305. The number of likely N-dealkylation sites (N-methyl/N-ethyl adjacent to an activating group) is 1. The van der Waals surface area contributed by atoms with Crippen molar-refractivity contribution < 1.29 is 9.53 Å². The number of rotatable bonds is 7. The molecule has 1 aromatic rings. The lowest BCUT2D eigenvalue weighted by molar-refractivity contribution is -0.118. The fourth-order valence-corrected chi connectivity index (χ4v) is 2.22. The molecular weight excluding hydrogens is 254 g/mol. The summed E-state index contributed by atoms with van der Waals surface area (Å²) in [5, 5.41) is 6.15. The first kappa shape index (κ1) is 14.8. The molecule has 1 aliphatic rings. The lowest BCUT2D eigenvalue weighted by Gasteiger charge is -2.37. The van der Waals surface area contributed by atoms with Crippen molar-refractivity contribution in [2.45, 2.75) is 19.9 Å². The van der Waals surface area contributed by atoms with Crippen LogP contribution in [0.15, 0.2) is 24.3 Å². The fourth-order valence-electron chi connectivity index (χ4n) is 2.22. The van der Waals surface area contributed by atoms with Crippen molar-refractivity contribution >= 4 is 11.6 Å². The maximum absolute atomic E-state index is 12.0. The Kier molecular flexibility index (Phi) is 5.38. The maximum Gasteiger partial charge on any atom is 0.238 e. The summed E-state index contributed by atoms with van der Waals surface area (Å²) in [5.74, 6) is 0.851. The number of anilines is 1. The van der Waals surface area contributed by atoms with Crippen LogP contribution < -0.4 is 15.4 Å². The molecule has 110 valence electrons. The molecule has 1 amide bonds. The quantitative estimate of drug-likeness (QED) is 0.789. The van der Waals surface area contributed by atoms with Gasteiger partial charge < -0.3 is 15.4 Å². The van der Waals surface area contributed by atoms with Gasteiger partial charge in [-0.05, 0) is 37.7 Å². The molecule has 1 aliphatic heterocycles. The van der Waals surface area contributed by atoms with Crippen LogP contribution in [0.2, 0.25) is 0 Å². The van der Waals surface area contributed by atoms with E-state index in [0.29, 0.717) is 19.2 Å². The number of amides is 1. The predicted octanol–water partition coefficient (Wildman–Crippen LogP) is 1.32. The van der Waals surface area contributed by atoms with Gasteiger partial charge in [0.25, 0.3) is 0 Å². The van der Waals surface area contributed by atoms with Gasteiger partial charge >= 0.3 is 0 Å². The van der Waals surface area contributed by atoms with Crippen LogP contribution >= 0.6 is 0 Å². The predicted molar refractivity (Wildman–Crippen MR) is 80.1 cm³/mol. The van der Waals surface area contributed by atoms with Crippen LogP contribution in [-0.2, 0) is 4.79 Å². The molecule has 0 radical (unpaired) electrons. The van der Waals surface area contributed by atoms with E-state index in [0.717, 1.165) is 31.1 Å². The average Bonchev–Trinajstić information content (AvgIpc) is 2.38. The van der Waals surface area contributed by atoms with E-state index in [4.69, 9.17) is 4.74 Å². The van der Waals surface area contributed by atoms with E-state index >= 15 is 0 Å². The maximum atomic E-state index is 12.0. The Morgan fingerprint density at radius 1 is 1.35 bits per heavy atom. The first-order valence-electron chi connectivity index (χ1n) is 7.20. The number of carbonyl (C=O) groups is 1. The highest BCUT2D eigenvalue weighted by Crippen LogP contribution is 2.15. The van der Waals surface area contributed by atoms with Crippen molar-refractivity contribution in [3.8, 4) is 5.75 Å². The van der Waals surface area contributed by atoms with Gasteiger partial charge in [0.05, 0.1) is 13.2 Å². The van der Waals surface area contributed by atoms with Gasteiger partial charge in [-0.15, -0.1) is 0 Å². The van der Waals surface area contributed by atoms with Crippen LogP contribution in [0.1, 0.15) is 13.8 Å². The molecule has 0 atom stereocenters. The lowest BCUT2D eigenvalue weighted by atomic mass is 10.1. The van der Waals surface area contributed by atoms with Crippen LogP contribution in [0.3, 0.4) is 0 Å². The molecule has 5 heteroatoms. The fraction of sp³-hybridized carbons (Fsp3) is 0.533. The molecule has 1 fully saturated rings. The minimum absolute atomic E-state index is 0.0305. The second-order valence-corrected chi connectivity index (χ2v) is 4.88. The Hall–Kier alpha value is -1.59. The zero-order chi connectivity index (χ0) is 14.4. The monoisotopic (exact) mass is 277 g/mol. The van der Waals surface area contributed by atoms with E-state index in [2.05, 4.69) is 22.5 Å². The Balaban J connectivity index is 1.83. The van der Waals surface area contributed by atoms with Crippen LogP contribution in [0.4, 0.5) is 5.69 Å². The van der Waals surface area contributed by atoms with Crippen molar-refractivity contribution in [3.05, 3.63) is 24.3 Å². The largest absolute Gasteiger partial charge is 0.494 e. The molecule has 0 aliphatic carbocycles. The number of nitrogens with one attached hydrogen (secondary N) is 2. The molecule has 0 spiro atoms. The highest BCUT2D eigenvalue weighted by molar-refractivity contribution is 5.92. The average molecular weight is 277 g/mol. The second-order valence-electron chi connectivity index (χ2n) is 4.88. The van der Waals surface area contributed by atoms with E-state index < -0.39 is 0 Å². The molecule has 0 saturated carbocycles. The highest BCUT2D eigenvalue weighted by Gasteiger charge is 2.24. The molecule has 1 saturated heterocycles. The summed E-state index contributed by atoms with van der Waals surface area (Å²) in [6, 6.07) is 7.96. The number of carbonyl (C=O) groups excluding carboxylic acids is 1. The van der Waals surface area contributed by atoms with Crippen LogP contribution in [0, 0.1) is 0 Å². The molecule has 0 aromatic heterocycles. The summed E-state index contributed by atoms with van der Waals surface area (Å²) in [6.45, 7) is 7.97. The van der Waals surface area contributed by atoms with Crippen molar-refractivity contribution in [2.75, 3.05) is 38.1 Å². The summed E-state index contributed by atoms with van der Waals surface area (Å²) in [6.07, 6.45) is 0. The Morgan fingerprint density at radius 2 is 2.05 bits per heavy atom. The van der Waals surface area contributed by atoms with Crippen LogP contribution in [0.25, 0.3) is 0 Å². The van der Waals surface area contributed by atoms with Crippen LogP contribution in [-0.4, -0.2) is 49.6 Å². The molecule has 1 aromatic carbocycles. The Labute approximate surface area is 120 Å². The molecule has 20 heavy (non-hydrogen) atoms. The third-order valence-corrected chi connectivity index (χ3v) is 3.48. The second kappa shape index (κ2) is 7.26. The number of ether oxygens (including phenoxy) is 1. The first-order valence-corrected chi connectivity index (χ1v) is 7.20. The Morgan fingerprint density at radius 3 is 2.55 bits per heavy atom. The first-order chi connectivity index (χ1) is 9.72. The molecule has 2 N–H and O–H groups in total.